The molecule has 0 radical (unpaired) electrons. The van der Waals surface area contributed by atoms with E-state index in [2.05, 4.69) is 10.0 Å². The fourth-order valence-corrected chi connectivity index (χ4v) is 4.09. The number of sulfonamides is 1. The summed E-state index contributed by atoms with van der Waals surface area (Å²) in [7, 11) is -3.72. The van der Waals surface area contributed by atoms with Gasteiger partial charge in [0.1, 0.15) is 11.5 Å². The Kier molecular flexibility index (Phi) is 6.80. The molecule has 0 spiro atoms. The van der Waals surface area contributed by atoms with Gasteiger partial charge in [-0.05, 0) is 57.0 Å². The second kappa shape index (κ2) is 8.69. The zero-order chi connectivity index (χ0) is 20.2. The van der Waals surface area contributed by atoms with Crippen LogP contribution in [-0.4, -0.2) is 26.0 Å². The summed E-state index contributed by atoms with van der Waals surface area (Å²) in [6.07, 6.45) is -0.237. The van der Waals surface area contributed by atoms with Crippen LogP contribution < -0.4 is 10.0 Å². The van der Waals surface area contributed by atoms with Crippen molar-refractivity contribution >= 4 is 21.6 Å². The Labute approximate surface area is 159 Å². The highest BCUT2D eigenvalue weighted by Crippen LogP contribution is 2.24. The highest BCUT2D eigenvalue weighted by molar-refractivity contribution is 7.89. The van der Waals surface area contributed by atoms with E-state index in [4.69, 9.17) is 4.42 Å². The number of nitrogens with one attached hydrogen (secondary N) is 2. The van der Waals surface area contributed by atoms with Crippen LogP contribution in [0.15, 0.2) is 33.6 Å². The Balaban J connectivity index is 2.01. The molecule has 1 aromatic heterocycles. The molecule has 1 heterocycles. The van der Waals surface area contributed by atoms with Gasteiger partial charge in [0, 0.05) is 24.2 Å². The molecule has 7 nitrogen and oxygen atoms in total. The van der Waals surface area contributed by atoms with Gasteiger partial charge in [0.15, 0.2) is 0 Å². The Hall–Kier alpha value is -2.16. The third-order valence-corrected chi connectivity index (χ3v) is 5.84. The van der Waals surface area contributed by atoms with Gasteiger partial charge in [0.2, 0.25) is 15.9 Å². The highest BCUT2D eigenvalue weighted by Gasteiger charge is 2.19. The van der Waals surface area contributed by atoms with E-state index in [9.17, 15) is 18.3 Å². The van der Waals surface area contributed by atoms with Gasteiger partial charge in [-0.25, -0.2) is 13.1 Å². The summed E-state index contributed by atoms with van der Waals surface area (Å²) >= 11 is 0. The zero-order valence-electron chi connectivity index (χ0n) is 16.0. The predicted octanol–water partition coefficient (Wildman–Crippen LogP) is 2.96. The van der Waals surface area contributed by atoms with Crippen molar-refractivity contribution < 1.29 is 22.7 Å². The normalized spacial score (nSPS) is 12.8. The van der Waals surface area contributed by atoms with Gasteiger partial charge in [-0.1, -0.05) is 6.92 Å². The van der Waals surface area contributed by atoms with Crippen molar-refractivity contribution in [3.05, 3.63) is 46.9 Å². The average molecular weight is 394 g/mol. The van der Waals surface area contributed by atoms with Crippen molar-refractivity contribution in [3.63, 3.8) is 0 Å². The first-order valence-corrected chi connectivity index (χ1v) is 10.3. The standard InChI is InChI=1S/C19H26N2O5S/c1-5-19(23)21-15-6-7-18(12(2)10-15)27(24,25)20-9-8-17(22)16-11-13(3)26-14(16)4/h6-7,10-11,17,20,22H,5,8-9H2,1-4H3,(H,21,23). The molecule has 8 heteroatoms. The van der Waals surface area contributed by atoms with E-state index in [1.54, 1.807) is 45.9 Å². The molecule has 1 unspecified atom stereocenters. The number of benzene rings is 1. The van der Waals surface area contributed by atoms with Crippen molar-refractivity contribution in [1.29, 1.82) is 0 Å². The molecule has 0 saturated heterocycles. The third-order valence-electron chi connectivity index (χ3n) is 4.22. The van der Waals surface area contributed by atoms with E-state index in [1.807, 2.05) is 0 Å². The molecular formula is C19H26N2O5S. The molecule has 1 atom stereocenters. The van der Waals surface area contributed by atoms with Crippen LogP contribution in [0.3, 0.4) is 0 Å². The molecule has 2 aromatic rings. The smallest absolute Gasteiger partial charge is 0.240 e. The van der Waals surface area contributed by atoms with Crippen LogP contribution in [0, 0.1) is 20.8 Å². The number of carbonyl (C=O) groups excluding carboxylic acids is 1. The predicted molar refractivity (Wildman–Crippen MR) is 103 cm³/mol. The fraction of sp³-hybridized carbons (Fsp3) is 0.421. The average Bonchev–Trinajstić information content (AvgIpc) is 2.92. The number of aryl methyl sites for hydroxylation is 3. The first-order chi connectivity index (χ1) is 12.6. The first kappa shape index (κ1) is 21.1. The number of hydrogen-bond donors (Lipinski definition) is 3. The number of hydrogen-bond acceptors (Lipinski definition) is 5. The van der Waals surface area contributed by atoms with Crippen LogP contribution in [-0.2, 0) is 14.8 Å². The van der Waals surface area contributed by atoms with Gasteiger partial charge >= 0.3 is 0 Å². The molecule has 1 aromatic carbocycles. The minimum absolute atomic E-state index is 0.0843. The van der Waals surface area contributed by atoms with Gasteiger partial charge in [0.05, 0.1) is 11.0 Å². The summed E-state index contributed by atoms with van der Waals surface area (Å²) < 4.78 is 33.0. The lowest BCUT2D eigenvalue weighted by Crippen LogP contribution is -2.26. The monoisotopic (exact) mass is 394 g/mol. The van der Waals surface area contributed by atoms with Crippen molar-refractivity contribution in [3.8, 4) is 0 Å². The number of aliphatic hydroxyl groups excluding tert-OH is 1. The molecule has 0 fully saturated rings. The van der Waals surface area contributed by atoms with Crippen LogP contribution >= 0.6 is 0 Å². The number of aliphatic hydroxyl groups is 1. The summed E-state index contributed by atoms with van der Waals surface area (Å²) in [5.41, 5.74) is 1.75. The van der Waals surface area contributed by atoms with Crippen molar-refractivity contribution in [2.24, 2.45) is 0 Å². The maximum atomic E-state index is 12.5. The summed E-state index contributed by atoms with van der Waals surface area (Å²) in [5.74, 6) is 1.19. The molecule has 2 rings (SSSR count). The number of anilines is 1. The van der Waals surface area contributed by atoms with Gasteiger partial charge < -0.3 is 14.8 Å². The van der Waals surface area contributed by atoms with Gasteiger partial charge in [-0.2, -0.15) is 0 Å². The van der Waals surface area contributed by atoms with E-state index >= 15 is 0 Å². The number of amides is 1. The van der Waals surface area contributed by atoms with Crippen LogP contribution in [0.2, 0.25) is 0 Å². The van der Waals surface area contributed by atoms with Gasteiger partial charge in [-0.3, -0.25) is 4.79 Å². The van der Waals surface area contributed by atoms with Crippen LogP contribution in [0.1, 0.15) is 48.5 Å². The lowest BCUT2D eigenvalue weighted by Gasteiger charge is -2.13. The van der Waals surface area contributed by atoms with Crippen molar-refractivity contribution in [1.82, 2.24) is 4.72 Å². The molecule has 0 bridgehead atoms. The number of furan rings is 1. The third kappa shape index (κ3) is 5.41. The Morgan fingerprint density at radius 2 is 1.93 bits per heavy atom. The number of rotatable bonds is 8. The van der Waals surface area contributed by atoms with E-state index < -0.39 is 16.1 Å². The van der Waals surface area contributed by atoms with Crippen molar-refractivity contribution in [2.75, 3.05) is 11.9 Å². The molecule has 0 aliphatic heterocycles. The van der Waals surface area contributed by atoms with Gasteiger partial charge in [-0.15, -0.1) is 0 Å². The van der Waals surface area contributed by atoms with E-state index in [0.717, 1.165) is 0 Å². The largest absolute Gasteiger partial charge is 0.466 e. The SMILES string of the molecule is CCC(=O)Nc1ccc(S(=O)(=O)NCCC(O)c2cc(C)oc2C)c(C)c1. The first-order valence-electron chi connectivity index (χ1n) is 8.79. The topological polar surface area (TPSA) is 109 Å². The Bertz CT molecular complexity index is 918. The molecule has 3 N–H and O–H groups in total. The van der Waals surface area contributed by atoms with E-state index in [1.165, 1.54) is 6.07 Å². The molecule has 0 aliphatic rings. The van der Waals surface area contributed by atoms with Crippen LogP contribution in [0.25, 0.3) is 0 Å². The minimum atomic E-state index is -3.72. The maximum absolute atomic E-state index is 12.5. The molecule has 0 saturated carbocycles. The minimum Gasteiger partial charge on any atom is -0.466 e. The Morgan fingerprint density at radius 3 is 2.48 bits per heavy atom. The molecule has 148 valence electrons. The summed E-state index contributed by atoms with van der Waals surface area (Å²) in [5, 5.41) is 12.9. The second-order valence-electron chi connectivity index (χ2n) is 6.45. The molecule has 0 aliphatic carbocycles. The molecule has 1 amide bonds. The quantitative estimate of drug-likeness (QED) is 0.638. The molecular weight excluding hydrogens is 368 g/mol. The highest BCUT2D eigenvalue weighted by atomic mass is 32.2. The lowest BCUT2D eigenvalue weighted by atomic mass is 10.1. The summed E-state index contributed by atoms with van der Waals surface area (Å²) in [6, 6.07) is 6.39. The van der Waals surface area contributed by atoms with E-state index in [-0.39, 0.29) is 23.8 Å². The van der Waals surface area contributed by atoms with E-state index in [0.29, 0.717) is 34.8 Å². The second-order valence-corrected chi connectivity index (χ2v) is 8.19. The van der Waals surface area contributed by atoms with Crippen LogP contribution in [0.5, 0.6) is 0 Å². The number of carbonyl (C=O) groups is 1. The summed E-state index contributed by atoms with van der Waals surface area (Å²) in [4.78, 5) is 11.6. The van der Waals surface area contributed by atoms with Gasteiger partial charge in [0.25, 0.3) is 0 Å². The lowest BCUT2D eigenvalue weighted by molar-refractivity contribution is -0.115. The van der Waals surface area contributed by atoms with Crippen molar-refractivity contribution in [2.45, 2.75) is 51.5 Å². The fourth-order valence-electron chi connectivity index (χ4n) is 2.82. The van der Waals surface area contributed by atoms with Crippen LogP contribution in [0.4, 0.5) is 5.69 Å². The maximum Gasteiger partial charge on any atom is 0.240 e. The molecule has 27 heavy (non-hydrogen) atoms. The zero-order valence-corrected chi connectivity index (χ0v) is 16.8. The summed E-state index contributed by atoms with van der Waals surface area (Å²) in [6.45, 7) is 7.05. The Morgan fingerprint density at radius 1 is 1.22 bits per heavy atom.